The van der Waals surface area contributed by atoms with Gasteiger partial charge in [0.2, 0.25) is 0 Å². The summed E-state index contributed by atoms with van der Waals surface area (Å²) in [6.07, 6.45) is -0.298. The van der Waals surface area contributed by atoms with Gasteiger partial charge in [-0.25, -0.2) is 9.98 Å². The van der Waals surface area contributed by atoms with Gasteiger partial charge in [0.05, 0.1) is 0 Å². The smallest absolute Gasteiger partial charge is 0.160 e. The molecule has 1 aromatic heterocycles. The van der Waals surface area contributed by atoms with Crippen LogP contribution in [0.4, 0.5) is 0 Å². The summed E-state index contributed by atoms with van der Waals surface area (Å²) >= 11 is 1.84. The third-order valence-corrected chi connectivity index (χ3v) is 13.4. The van der Waals surface area contributed by atoms with Gasteiger partial charge in [0.1, 0.15) is 12.0 Å². The van der Waals surface area contributed by atoms with Crippen LogP contribution in [0.1, 0.15) is 47.8 Å². The Morgan fingerprint density at radius 1 is 0.536 bits per heavy atom. The molecule has 264 valence electrons. The van der Waals surface area contributed by atoms with E-state index in [1.165, 1.54) is 86.6 Å². The zero-order chi connectivity index (χ0) is 37.1. The summed E-state index contributed by atoms with van der Waals surface area (Å²) in [6, 6.07) is 59.8. The molecule has 0 radical (unpaired) electrons. The largest absolute Gasteiger partial charge is 0.344 e. The number of rotatable bonds is 4. The van der Waals surface area contributed by atoms with E-state index < -0.39 is 0 Å². The van der Waals surface area contributed by atoms with Crippen LogP contribution in [-0.2, 0) is 5.41 Å². The number of thiophene rings is 1. The van der Waals surface area contributed by atoms with E-state index in [4.69, 9.17) is 9.98 Å². The Labute approximate surface area is 329 Å². The normalized spacial score (nSPS) is 16.0. The van der Waals surface area contributed by atoms with Crippen molar-refractivity contribution < 1.29 is 0 Å². The van der Waals surface area contributed by atoms with Crippen molar-refractivity contribution >= 4 is 54.0 Å². The molecule has 3 aliphatic rings. The molecular weight excluding hydrogens is 699 g/mol. The van der Waals surface area contributed by atoms with Crippen molar-refractivity contribution in [2.45, 2.75) is 25.4 Å². The van der Waals surface area contributed by atoms with Crippen LogP contribution in [-0.4, -0.2) is 11.7 Å². The Morgan fingerprint density at radius 2 is 1.21 bits per heavy atom. The van der Waals surface area contributed by atoms with E-state index in [1.54, 1.807) is 0 Å². The van der Waals surface area contributed by atoms with Gasteiger partial charge in [-0.2, -0.15) is 0 Å². The van der Waals surface area contributed by atoms with Crippen molar-refractivity contribution in [3.8, 4) is 44.5 Å². The van der Waals surface area contributed by atoms with Crippen LogP contribution >= 0.6 is 11.3 Å². The average Bonchev–Trinajstić information content (AvgIpc) is 3.87. The molecule has 2 aliphatic carbocycles. The minimum absolute atomic E-state index is 0.186. The first-order chi connectivity index (χ1) is 27.5. The molecule has 0 saturated heterocycles. The van der Waals surface area contributed by atoms with E-state index in [2.05, 4.69) is 183 Å². The fourth-order valence-corrected chi connectivity index (χ4v) is 10.9. The lowest BCUT2D eigenvalue weighted by atomic mass is 9.80. The van der Waals surface area contributed by atoms with E-state index >= 15 is 0 Å². The average molecular weight is 734 g/mol. The van der Waals surface area contributed by atoms with Crippen LogP contribution in [0.3, 0.4) is 0 Å². The molecule has 1 unspecified atom stereocenters. The number of nitrogens with one attached hydrogen (secondary N) is 1. The topological polar surface area (TPSA) is 36.8 Å². The SMILES string of the molecule is CC1(C)c2ccccc2-c2cccc(C3=NC(c4cccc5sc6ccc(-c7cccc8c7-c7cccc9cccc-8c79)cc6c45)=NC(c4ccccc4)N3)c21. The van der Waals surface area contributed by atoms with E-state index in [1.807, 2.05) is 11.3 Å². The lowest BCUT2D eigenvalue weighted by molar-refractivity contribution is 0.650. The summed E-state index contributed by atoms with van der Waals surface area (Å²) in [7, 11) is 0. The van der Waals surface area contributed by atoms with Gasteiger partial charge in [0.25, 0.3) is 0 Å². The summed E-state index contributed by atoms with van der Waals surface area (Å²) in [4.78, 5) is 10.9. The number of hydrogen-bond donors (Lipinski definition) is 1. The molecule has 4 heteroatoms. The van der Waals surface area contributed by atoms with Gasteiger partial charge in [-0.3, -0.25) is 0 Å². The highest BCUT2D eigenvalue weighted by atomic mass is 32.1. The van der Waals surface area contributed by atoms with Crippen LogP contribution in [0, 0.1) is 0 Å². The third kappa shape index (κ3) is 4.45. The highest BCUT2D eigenvalue weighted by Gasteiger charge is 2.39. The molecule has 1 atom stereocenters. The molecule has 0 spiro atoms. The Bertz CT molecular complexity index is 3200. The van der Waals surface area contributed by atoms with Gasteiger partial charge >= 0.3 is 0 Å². The van der Waals surface area contributed by atoms with Gasteiger partial charge in [-0.15, -0.1) is 11.3 Å². The molecule has 8 aromatic carbocycles. The van der Waals surface area contributed by atoms with Gasteiger partial charge in [0, 0.05) is 36.7 Å². The Balaban J connectivity index is 1.05. The molecule has 2 heterocycles. The number of nitrogens with zero attached hydrogens (tertiary/aromatic N) is 2. The molecule has 0 bridgehead atoms. The first-order valence-corrected chi connectivity index (χ1v) is 20.2. The first kappa shape index (κ1) is 31.7. The maximum absolute atomic E-state index is 5.47. The van der Waals surface area contributed by atoms with E-state index in [0.29, 0.717) is 0 Å². The summed E-state index contributed by atoms with van der Waals surface area (Å²) < 4.78 is 2.49. The van der Waals surface area contributed by atoms with E-state index in [9.17, 15) is 0 Å². The molecule has 9 aromatic rings. The molecule has 0 fully saturated rings. The fourth-order valence-electron chi connectivity index (χ4n) is 9.82. The minimum Gasteiger partial charge on any atom is -0.344 e. The molecule has 56 heavy (non-hydrogen) atoms. The number of amidine groups is 2. The van der Waals surface area contributed by atoms with Crippen molar-refractivity contribution in [1.82, 2.24) is 5.32 Å². The van der Waals surface area contributed by atoms with Gasteiger partial charge in [-0.1, -0.05) is 159 Å². The Kier molecular flexibility index (Phi) is 6.62. The highest BCUT2D eigenvalue weighted by Crippen LogP contribution is 2.52. The van der Waals surface area contributed by atoms with Crippen LogP contribution < -0.4 is 5.32 Å². The fraction of sp³-hybridized carbons (Fsp3) is 0.0769. The van der Waals surface area contributed by atoms with Gasteiger partial charge in [0.15, 0.2) is 5.84 Å². The summed E-state index contributed by atoms with van der Waals surface area (Å²) in [5, 5.41) is 8.87. The first-order valence-electron chi connectivity index (χ1n) is 19.4. The van der Waals surface area contributed by atoms with Crippen LogP contribution in [0.25, 0.3) is 75.5 Å². The van der Waals surface area contributed by atoms with Crippen LogP contribution in [0.5, 0.6) is 0 Å². The van der Waals surface area contributed by atoms with E-state index in [0.717, 1.165) is 28.4 Å². The van der Waals surface area contributed by atoms with Crippen molar-refractivity contribution in [3.05, 3.63) is 192 Å². The van der Waals surface area contributed by atoms with Crippen LogP contribution in [0.2, 0.25) is 0 Å². The standard InChI is InChI=1S/C52H35N3S/c1-52(2)42-25-7-6-17-34(42)37-21-11-24-40(48(37)52)51-54-49(31-13-4-3-5-14-31)53-50(55-51)39-23-12-26-44-47(39)41-29-32(27-28-43(41)56-44)33-18-10-20-36-35-19-8-15-30-16-9-22-38(45(30)35)46(33)36/h3-29,49H,1-2H3,(H,53,54,55). The van der Waals surface area contributed by atoms with Crippen LogP contribution in [0.15, 0.2) is 174 Å². The quantitative estimate of drug-likeness (QED) is 0.192. The van der Waals surface area contributed by atoms with E-state index in [-0.39, 0.29) is 11.6 Å². The lowest BCUT2D eigenvalue weighted by Gasteiger charge is -2.28. The number of aliphatic imine (C=N–C) groups is 2. The molecule has 0 saturated carbocycles. The minimum atomic E-state index is -0.298. The highest BCUT2D eigenvalue weighted by molar-refractivity contribution is 7.25. The second kappa shape index (κ2) is 11.7. The second-order valence-corrected chi connectivity index (χ2v) is 16.8. The Hall–Kier alpha value is -6.62. The maximum Gasteiger partial charge on any atom is 0.160 e. The molecule has 1 aliphatic heterocycles. The predicted octanol–water partition coefficient (Wildman–Crippen LogP) is 13.3. The maximum atomic E-state index is 5.47. The van der Waals surface area contributed by atoms with Crippen molar-refractivity contribution in [1.29, 1.82) is 0 Å². The zero-order valence-corrected chi connectivity index (χ0v) is 31.8. The number of benzene rings is 8. The Morgan fingerprint density at radius 3 is 2.09 bits per heavy atom. The van der Waals surface area contributed by atoms with Crippen molar-refractivity contribution in [2.24, 2.45) is 9.98 Å². The van der Waals surface area contributed by atoms with Gasteiger partial charge < -0.3 is 5.32 Å². The summed E-state index contributed by atoms with van der Waals surface area (Å²) in [5.41, 5.74) is 16.1. The molecular formula is C52H35N3S. The molecule has 12 rings (SSSR count). The summed E-state index contributed by atoms with van der Waals surface area (Å²) in [6.45, 7) is 4.68. The van der Waals surface area contributed by atoms with Crippen molar-refractivity contribution in [3.63, 3.8) is 0 Å². The number of fused-ring (bicyclic) bond motifs is 9. The van der Waals surface area contributed by atoms with Gasteiger partial charge in [-0.05, 0) is 90.2 Å². The number of hydrogen-bond acceptors (Lipinski definition) is 4. The molecule has 0 amide bonds. The third-order valence-electron chi connectivity index (χ3n) is 12.3. The molecule has 1 N–H and O–H groups in total. The second-order valence-electron chi connectivity index (χ2n) is 15.7. The monoisotopic (exact) mass is 733 g/mol. The lowest BCUT2D eigenvalue weighted by Crippen LogP contribution is -2.35. The predicted molar refractivity (Wildman–Crippen MR) is 236 cm³/mol. The summed E-state index contributed by atoms with van der Waals surface area (Å²) in [5.74, 6) is 1.60. The zero-order valence-electron chi connectivity index (χ0n) is 31.0. The van der Waals surface area contributed by atoms with Crippen molar-refractivity contribution in [2.75, 3.05) is 0 Å². The molecule has 3 nitrogen and oxygen atoms in total.